The van der Waals surface area contributed by atoms with E-state index in [1.165, 1.54) is 4.90 Å². The Morgan fingerprint density at radius 2 is 1.85 bits per heavy atom. The van der Waals surface area contributed by atoms with Gasteiger partial charge in [0.05, 0.1) is 38.9 Å². The van der Waals surface area contributed by atoms with E-state index in [0.29, 0.717) is 10.7 Å². The molecule has 4 amide bonds. The van der Waals surface area contributed by atoms with Crippen molar-refractivity contribution >= 4 is 35.1 Å². The number of rotatable bonds is 4. The second-order valence-electron chi connectivity index (χ2n) is 6.46. The smallest absolute Gasteiger partial charge is 0.335 e. The average Bonchev–Trinajstić information content (AvgIpc) is 2.58. The van der Waals surface area contributed by atoms with Crippen molar-refractivity contribution in [3.05, 3.63) is 41.6 Å². The SMILES string of the molecule is C=C(NN1CC[NH+](C)CC1)[C@@H]1C(=O)NC(=O)N(c2ccc(Cl)cc2)C1=O. The fourth-order valence-electron chi connectivity index (χ4n) is 2.98. The number of hydrogen-bond acceptors (Lipinski definition) is 5. The zero-order valence-corrected chi connectivity index (χ0v) is 15.2. The standard InChI is InChI=1S/C17H20ClN5O3/c1-11(20-22-9-7-21(2)8-10-22)14-15(24)19-17(26)23(16(14)25)13-5-3-12(18)4-6-13/h3-6,14,20H,1,7-10H2,2H3,(H,19,24,26)/p+1/t14-/m1/s1. The summed E-state index contributed by atoms with van der Waals surface area (Å²) in [6.07, 6.45) is 0. The van der Waals surface area contributed by atoms with Crippen LogP contribution in [0.3, 0.4) is 0 Å². The highest BCUT2D eigenvalue weighted by Gasteiger charge is 2.43. The predicted molar refractivity (Wildman–Crippen MR) is 96.4 cm³/mol. The van der Waals surface area contributed by atoms with Crippen LogP contribution in [-0.4, -0.2) is 56.1 Å². The van der Waals surface area contributed by atoms with Crippen LogP contribution >= 0.6 is 11.6 Å². The highest BCUT2D eigenvalue weighted by Crippen LogP contribution is 2.24. The maximum atomic E-state index is 12.9. The molecular weight excluding hydrogens is 358 g/mol. The molecule has 138 valence electrons. The van der Waals surface area contributed by atoms with E-state index in [1.54, 1.807) is 24.3 Å². The van der Waals surface area contributed by atoms with Crippen LogP contribution in [0, 0.1) is 5.92 Å². The molecule has 8 nitrogen and oxygen atoms in total. The Balaban J connectivity index is 1.76. The Bertz CT molecular complexity index is 743. The number of urea groups is 1. The van der Waals surface area contributed by atoms with Gasteiger partial charge in [-0.25, -0.2) is 14.7 Å². The van der Waals surface area contributed by atoms with Gasteiger partial charge in [0.25, 0.3) is 5.91 Å². The molecule has 0 bridgehead atoms. The maximum absolute atomic E-state index is 12.9. The molecule has 0 aliphatic carbocycles. The first-order valence-corrected chi connectivity index (χ1v) is 8.70. The molecule has 3 rings (SSSR count). The number of piperazine rings is 1. The summed E-state index contributed by atoms with van der Waals surface area (Å²) in [6, 6.07) is 5.46. The largest absolute Gasteiger partial charge is 0.335 e. The van der Waals surface area contributed by atoms with Gasteiger partial charge in [0.2, 0.25) is 5.91 Å². The Labute approximate surface area is 156 Å². The molecule has 1 aromatic carbocycles. The van der Waals surface area contributed by atoms with Gasteiger partial charge in [-0.15, -0.1) is 0 Å². The molecule has 0 spiro atoms. The van der Waals surface area contributed by atoms with Crippen molar-refractivity contribution in [2.24, 2.45) is 5.92 Å². The van der Waals surface area contributed by atoms with Crippen molar-refractivity contribution in [3.8, 4) is 0 Å². The van der Waals surface area contributed by atoms with Crippen LogP contribution in [-0.2, 0) is 9.59 Å². The summed E-state index contributed by atoms with van der Waals surface area (Å²) in [6.45, 7) is 7.29. The molecule has 2 saturated heterocycles. The topological polar surface area (TPSA) is 86.2 Å². The maximum Gasteiger partial charge on any atom is 0.335 e. The van der Waals surface area contributed by atoms with Gasteiger partial charge in [-0.3, -0.25) is 14.9 Å². The Hall–Kier alpha value is -2.42. The Morgan fingerprint density at radius 3 is 2.46 bits per heavy atom. The fraction of sp³-hybridized carbons (Fsp3) is 0.353. The number of carbonyl (C=O) groups excluding carboxylic acids is 3. The number of hydrogen-bond donors (Lipinski definition) is 3. The number of anilines is 1. The van der Waals surface area contributed by atoms with Crippen molar-refractivity contribution in [3.63, 3.8) is 0 Å². The second kappa shape index (κ2) is 7.45. The summed E-state index contributed by atoms with van der Waals surface area (Å²) in [5.41, 5.74) is 3.64. The van der Waals surface area contributed by atoms with Gasteiger partial charge in [0.1, 0.15) is 0 Å². The number of carbonyl (C=O) groups is 3. The minimum atomic E-state index is -1.18. The zero-order chi connectivity index (χ0) is 18.8. The normalized spacial score (nSPS) is 22.3. The van der Waals surface area contributed by atoms with E-state index in [0.717, 1.165) is 31.1 Å². The number of amides is 4. The second-order valence-corrected chi connectivity index (χ2v) is 6.90. The van der Waals surface area contributed by atoms with Crippen LogP contribution in [0.15, 0.2) is 36.5 Å². The molecule has 2 aliphatic heterocycles. The third kappa shape index (κ3) is 3.72. The summed E-state index contributed by atoms with van der Waals surface area (Å²) >= 11 is 5.85. The van der Waals surface area contributed by atoms with E-state index in [1.807, 2.05) is 5.01 Å². The van der Waals surface area contributed by atoms with E-state index >= 15 is 0 Å². The van der Waals surface area contributed by atoms with Gasteiger partial charge in [0, 0.05) is 10.7 Å². The number of likely N-dealkylation sites (N-methyl/N-ethyl adjacent to an activating group) is 1. The lowest BCUT2D eigenvalue weighted by Crippen LogP contribution is -3.12. The van der Waals surface area contributed by atoms with Crippen LogP contribution in [0.1, 0.15) is 0 Å². The van der Waals surface area contributed by atoms with Crippen LogP contribution in [0.2, 0.25) is 5.02 Å². The summed E-state index contributed by atoms with van der Waals surface area (Å²) in [7, 11) is 2.11. The monoisotopic (exact) mass is 378 g/mol. The number of nitrogens with zero attached hydrogens (tertiary/aromatic N) is 2. The number of halogens is 1. The van der Waals surface area contributed by atoms with Crippen LogP contribution < -0.4 is 20.5 Å². The molecule has 2 aliphatic rings. The van der Waals surface area contributed by atoms with Gasteiger partial charge in [0.15, 0.2) is 5.92 Å². The molecule has 1 aromatic rings. The molecule has 0 saturated carbocycles. The summed E-state index contributed by atoms with van der Waals surface area (Å²) in [5, 5.41) is 4.63. The number of imide groups is 2. The van der Waals surface area contributed by atoms with Gasteiger partial charge >= 0.3 is 6.03 Å². The molecule has 0 aromatic heterocycles. The molecule has 0 unspecified atom stereocenters. The van der Waals surface area contributed by atoms with Crippen molar-refractivity contribution in [2.45, 2.75) is 0 Å². The van der Waals surface area contributed by atoms with E-state index in [4.69, 9.17) is 11.6 Å². The summed E-state index contributed by atoms with van der Waals surface area (Å²) in [4.78, 5) is 39.6. The predicted octanol–water partition coefficient (Wildman–Crippen LogP) is -0.612. The minimum absolute atomic E-state index is 0.249. The molecule has 26 heavy (non-hydrogen) atoms. The number of barbiturate groups is 1. The number of nitrogens with one attached hydrogen (secondary N) is 3. The molecule has 3 N–H and O–H groups in total. The van der Waals surface area contributed by atoms with E-state index in [2.05, 4.69) is 24.4 Å². The molecule has 2 heterocycles. The minimum Gasteiger partial charge on any atom is -0.335 e. The first-order valence-electron chi connectivity index (χ1n) is 8.33. The van der Waals surface area contributed by atoms with Crippen molar-refractivity contribution < 1.29 is 19.3 Å². The van der Waals surface area contributed by atoms with Crippen molar-refractivity contribution in [1.29, 1.82) is 0 Å². The fourth-order valence-corrected chi connectivity index (χ4v) is 3.11. The molecule has 1 atom stereocenters. The number of benzene rings is 1. The Morgan fingerprint density at radius 1 is 1.23 bits per heavy atom. The molecular formula is C17H21ClN5O3+. The molecule has 0 radical (unpaired) electrons. The van der Waals surface area contributed by atoms with E-state index in [9.17, 15) is 14.4 Å². The lowest BCUT2D eigenvalue weighted by molar-refractivity contribution is -0.884. The van der Waals surface area contributed by atoms with Crippen LogP contribution in [0.25, 0.3) is 0 Å². The summed E-state index contributed by atoms with van der Waals surface area (Å²) in [5.74, 6) is -2.50. The van der Waals surface area contributed by atoms with Crippen molar-refractivity contribution in [1.82, 2.24) is 15.8 Å². The van der Waals surface area contributed by atoms with Crippen LogP contribution in [0.4, 0.5) is 10.5 Å². The third-order valence-corrected chi connectivity index (χ3v) is 4.77. The van der Waals surface area contributed by atoms with Gasteiger partial charge in [-0.1, -0.05) is 18.2 Å². The first kappa shape index (κ1) is 18.4. The first-order chi connectivity index (χ1) is 12.4. The average molecular weight is 379 g/mol. The third-order valence-electron chi connectivity index (χ3n) is 4.51. The van der Waals surface area contributed by atoms with Gasteiger partial charge in [-0.05, 0) is 24.3 Å². The van der Waals surface area contributed by atoms with Gasteiger partial charge < -0.3 is 10.3 Å². The zero-order valence-electron chi connectivity index (χ0n) is 14.4. The highest BCUT2D eigenvalue weighted by molar-refractivity contribution is 6.31. The Kier molecular flexibility index (Phi) is 5.26. The van der Waals surface area contributed by atoms with Crippen LogP contribution in [0.5, 0.6) is 0 Å². The molecule has 9 heteroatoms. The van der Waals surface area contributed by atoms with E-state index in [-0.39, 0.29) is 5.70 Å². The molecule has 2 fully saturated rings. The number of hydrazine groups is 1. The quantitative estimate of drug-likeness (QED) is 0.608. The van der Waals surface area contributed by atoms with Crippen molar-refractivity contribution in [2.75, 3.05) is 38.1 Å². The highest BCUT2D eigenvalue weighted by atomic mass is 35.5. The van der Waals surface area contributed by atoms with Gasteiger partial charge in [-0.2, -0.15) is 0 Å². The lowest BCUT2D eigenvalue weighted by atomic mass is 10.0. The van der Waals surface area contributed by atoms with E-state index < -0.39 is 23.8 Å². The number of quaternary nitrogens is 1. The lowest BCUT2D eigenvalue weighted by Gasteiger charge is -2.35. The summed E-state index contributed by atoms with van der Waals surface area (Å²) < 4.78 is 0.